The van der Waals surface area contributed by atoms with Crippen LogP contribution in [0, 0.1) is 0 Å². The molecule has 80 valence electrons. The number of hydrogen-bond donors (Lipinski definition) is 0. The van der Waals surface area contributed by atoms with Crippen molar-refractivity contribution in [2.24, 2.45) is 0 Å². The van der Waals surface area contributed by atoms with Crippen LogP contribution in [0.5, 0.6) is 0 Å². The molecule has 0 aromatic carbocycles. The van der Waals surface area contributed by atoms with Crippen LogP contribution >= 0.6 is 0 Å². The Kier molecular flexibility index (Phi) is 5.53. The van der Waals surface area contributed by atoms with Gasteiger partial charge in [0.2, 0.25) is 0 Å². The summed E-state index contributed by atoms with van der Waals surface area (Å²) in [4.78, 5) is 11.1. The molecular weight excluding hydrogens is 176 g/mol. The van der Waals surface area contributed by atoms with E-state index in [-0.39, 0.29) is 5.78 Å². The van der Waals surface area contributed by atoms with Gasteiger partial charge in [0.15, 0.2) is 5.78 Å². The van der Waals surface area contributed by atoms with Crippen LogP contribution < -0.4 is 0 Å². The Balaban J connectivity index is 2.21. The molecule has 0 fully saturated rings. The minimum absolute atomic E-state index is 0.211. The molecule has 0 spiro atoms. The largest absolute Gasteiger partial charge is 0.370 e. The SMILES string of the molecule is CCC(=O)CO[C@H]1CCC=CCCC1. The molecule has 0 aromatic heterocycles. The molecule has 0 saturated heterocycles. The highest BCUT2D eigenvalue weighted by Gasteiger charge is 2.10. The highest BCUT2D eigenvalue weighted by molar-refractivity contribution is 5.79. The zero-order valence-electron chi connectivity index (χ0n) is 9.00. The molecule has 0 unspecified atom stereocenters. The minimum Gasteiger partial charge on any atom is -0.370 e. The highest BCUT2D eigenvalue weighted by atomic mass is 16.5. The highest BCUT2D eigenvalue weighted by Crippen LogP contribution is 2.15. The molecule has 2 heteroatoms. The monoisotopic (exact) mass is 196 g/mol. The third-order valence-corrected chi connectivity index (χ3v) is 2.59. The molecule has 2 nitrogen and oxygen atoms in total. The van der Waals surface area contributed by atoms with Gasteiger partial charge in [-0.3, -0.25) is 4.79 Å². The normalized spacial score (nSPS) is 22.8. The van der Waals surface area contributed by atoms with Crippen LogP contribution in [0.4, 0.5) is 0 Å². The standard InChI is InChI=1S/C12H20O2/c1-2-11(13)10-14-12-8-6-4-3-5-7-9-12/h3-4,12H,2,5-10H2,1H3/t12-/m0/s1. The molecule has 1 aliphatic carbocycles. The number of ketones is 1. The van der Waals surface area contributed by atoms with Crippen LogP contribution in [-0.2, 0) is 9.53 Å². The molecule has 0 N–H and O–H groups in total. The number of ether oxygens (including phenoxy) is 1. The first kappa shape index (κ1) is 11.4. The summed E-state index contributed by atoms with van der Waals surface area (Å²) in [5, 5.41) is 0. The molecule has 0 heterocycles. The van der Waals surface area contributed by atoms with Crippen LogP contribution in [0.3, 0.4) is 0 Å². The van der Waals surface area contributed by atoms with E-state index in [0.29, 0.717) is 19.1 Å². The molecule has 0 saturated carbocycles. The van der Waals surface area contributed by atoms with Crippen molar-refractivity contribution < 1.29 is 9.53 Å². The Labute approximate surface area is 86.3 Å². The second-order valence-electron chi connectivity index (χ2n) is 3.80. The van der Waals surface area contributed by atoms with Gasteiger partial charge in [0.05, 0.1) is 6.10 Å². The predicted molar refractivity (Wildman–Crippen MR) is 57.3 cm³/mol. The maximum Gasteiger partial charge on any atom is 0.158 e. The maximum atomic E-state index is 11.1. The average molecular weight is 196 g/mol. The summed E-state index contributed by atoms with van der Waals surface area (Å²) in [6, 6.07) is 0. The number of hydrogen-bond acceptors (Lipinski definition) is 2. The summed E-state index contributed by atoms with van der Waals surface area (Å²) in [6.07, 6.45) is 10.9. The second-order valence-corrected chi connectivity index (χ2v) is 3.80. The van der Waals surface area contributed by atoms with Crippen molar-refractivity contribution in [2.45, 2.75) is 51.6 Å². The van der Waals surface area contributed by atoms with Gasteiger partial charge in [-0.2, -0.15) is 0 Å². The summed E-state index contributed by atoms with van der Waals surface area (Å²) < 4.78 is 5.59. The second kappa shape index (κ2) is 6.77. The Bertz CT molecular complexity index is 196. The first-order chi connectivity index (χ1) is 6.83. The van der Waals surface area contributed by atoms with Crippen molar-refractivity contribution in [1.29, 1.82) is 0 Å². The molecule has 0 aliphatic heterocycles. The van der Waals surface area contributed by atoms with E-state index in [4.69, 9.17) is 4.74 Å². The summed E-state index contributed by atoms with van der Waals surface area (Å²) in [7, 11) is 0. The van der Waals surface area contributed by atoms with Gasteiger partial charge in [-0.15, -0.1) is 0 Å². The van der Waals surface area contributed by atoms with E-state index < -0.39 is 0 Å². The summed E-state index contributed by atoms with van der Waals surface area (Å²) >= 11 is 0. The fourth-order valence-corrected chi connectivity index (χ4v) is 1.61. The first-order valence-corrected chi connectivity index (χ1v) is 5.61. The van der Waals surface area contributed by atoms with E-state index >= 15 is 0 Å². The van der Waals surface area contributed by atoms with Gasteiger partial charge in [0.25, 0.3) is 0 Å². The van der Waals surface area contributed by atoms with Gasteiger partial charge >= 0.3 is 0 Å². The van der Waals surface area contributed by atoms with Crippen molar-refractivity contribution in [1.82, 2.24) is 0 Å². The number of rotatable bonds is 4. The fourth-order valence-electron chi connectivity index (χ4n) is 1.61. The molecular formula is C12H20O2. The smallest absolute Gasteiger partial charge is 0.158 e. The summed E-state index contributed by atoms with van der Waals surface area (Å²) in [6.45, 7) is 2.19. The third-order valence-electron chi connectivity index (χ3n) is 2.59. The Hall–Kier alpha value is -0.630. The molecule has 14 heavy (non-hydrogen) atoms. The molecule has 0 amide bonds. The Morgan fingerprint density at radius 3 is 2.93 bits per heavy atom. The van der Waals surface area contributed by atoms with Gasteiger partial charge in [0, 0.05) is 6.42 Å². The van der Waals surface area contributed by atoms with E-state index in [9.17, 15) is 4.79 Å². The zero-order valence-corrected chi connectivity index (χ0v) is 9.00. The van der Waals surface area contributed by atoms with Crippen molar-refractivity contribution in [3.8, 4) is 0 Å². The molecule has 1 rings (SSSR count). The average Bonchev–Trinajstić information content (AvgIpc) is 2.15. The third kappa shape index (κ3) is 4.56. The van der Waals surface area contributed by atoms with Gasteiger partial charge in [-0.1, -0.05) is 19.1 Å². The molecule has 0 radical (unpaired) electrons. The summed E-state index contributed by atoms with van der Waals surface area (Å²) in [5.74, 6) is 0.211. The van der Waals surface area contributed by atoms with E-state index in [1.807, 2.05) is 6.92 Å². The lowest BCUT2D eigenvalue weighted by Crippen LogP contribution is -2.18. The van der Waals surface area contributed by atoms with Crippen LogP contribution in [0.15, 0.2) is 12.2 Å². The fraction of sp³-hybridized carbons (Fsp3) is 0.750. The zero-order chi connectivity index (χ0) is 10.2. The van der Waals surface area contributed by atoms with E-state index in [1.54, 1.807) is 0 Å². The lowest BCUT2D eigenvalue weighted by atomic mass is 10.0. The topological polar surface area (TPSA) is 26.3 Å². The van der Waals surface area contributed by atoms with Crippen molar-refractivity contribution in [3.05, 3.63) is 12.2 Å². The van der Waals surface area contributed by atoms with E-state index in [2.05, 4.69) is 12.2 Å². The number of carbonyl (C=O) groups excluding carboxylic acids is 1. The van der Waals surface area contributed by atoms with Gasteiger partial charge in [-0.05, 0) is 32.1 Å². The molecule has 0 aromatic rings. The van der Waals surface area contributed by atoms with Gasteiger partial charge in [0.1, 0.15) is 6.61 Å². The molecule has 1 aliphatic rings. The molecule has 0 bridgehead atoms. The van der Waals surface area contributed by atoms with Crippen molar-refractivity contribution in [2.75, 3.05) is 6.61 Å². The van der Waals surface area contributed by atoms with E-state index in [0.717, 1.165) is 25.7 Å². The first-order valence-electron chi connectivity index (χ1n) is 5.61. The lowest BCUT2D eigenvalue weighted by molar-refractivity contribution is -0.125. The molecule has 1 atom stereocenters. The Morgan fingerprint density at radius 2 is 2.14 bits per heavy atom. The van der Waals surface area contributed by atoms with Crippen LogP contribution in [0.25, 0.3) is 0 Å². The maximum absolute atomic E-state index is 11.1. The minimum atomic E-state index is 0.211. The van der Waals surface area contributed by atoms with Crippen molar-refractivity contribution in [3.63, 3.8) is 0 Å². The van der Waals surface area contributed by atoms with Crippen LogP contribution in [0.1, 0.15) is 45.4 Å². The number of allylic oxidation sites excluding steroid dienone is 2. The summed E-state index contributed by atoms with van der Waals surface area (Å²) in [5.41, 5.74) is 0. The van der Waals surface area contributed by atoms with Crippen molar-refractivity contribution >= 4 is 5.78 Å². The number of Topliss-reactive ketones (excluding diaryl/α,β-unsaturated/α-hetero) is 1. The van der Waals surface area contributed by atoms with Gasteiger partial charge in [-0.25, -0.2) is 0 Å². The van der Waals surface area contributed by atoms with Gasteiger partial charge < -0.3 is 4.74 Å². The Morgan fingerprint density at radius 1 is 1.36 bits per heavy atom. The number of carbonyl (C=O) groups is 1. The van der Waals surface area contributed by atoms with Crippen LogP contribution in [0.2, 0.25) is 0 Å². The predicted octanol–water partition coefficient (Wildman–Crippen LogP) is 2.87. The van der Waals surface area contributed by atoms with Crippen LogP contribution in [-0.4, -0.2) is 18.5 Å². The lowest BCUT2D eigenvalue weighted by Gasteiger charge is -2.17. The van der Waals surface area contributed by atoms with E-state index in [1.165, 1.54) is 6.42 Å². The quantitative estimate of drug-likeness (QED) is 0.646.